The van der Waals surface area contributed by atoms with Gasteiger partial charge in [0.25, 0.3) is 5.91 Å². The molecule has 0 radical (unpaired) electrons. The van der Waals surface area contributed by atoms with Crippen LogP contribution in [0.25, 0.3) is 0 Å². The van der Waals surface area contributed by atoms with Crippen LogP contribution in [0.5, 0.6) is 0 Å². The first-order valence-electron chi connectivity index (χ1n) is 10.5. The summed E-state index contributed by atoms with van der Waals surface area (Å²) in [7, 11) is 0. The van der Waals surface area contributed by atoms with Crippen molar-refractivity contribution in [1.29, 1.82) is 0 Å². The summed E-state index contributed by atoms with van der Waals surface area (Å²) in [5.74, 6) is 1.84. The molecule has 2 N–H and O–H groups in total. The highest BCUT2D eigenvalue weighted by molar-refractivity contribution is 7.98. The molecular formula is C22H32N5OS+. The van der Waals surface area contributed by atoms with Gasteiger partial charge in [0.1, 0.15) is 5.82 Å². The zero-order valence-corrected chi connectivity index (χ0v) is 18.7. The number of benzene rings is 1. The molecule has 2 aromatic rings. The lowest BCUT2D eigenvalue weighted by atomic mass is 10.1. The maximum Gasteiger partial charge on any atom is 0.251 e. The van der Waals surface area contributed by atoms with Gasteiger partial charge in [-0.2, -0.15) is 0 Å². The molecule has 1 aliphatic heterocycles. The second-order valence-corrected chi connectivity index (χ2v) is 8.42. The summed E-state index contributed by atoms with van der Waals surface area (Å²) in [5.41, 5.74) is 4.08. The number of aryl methyl sites for hydroxylation is 1. The monoisotopic (exact) mass is 414 g/mol. The van der Waals surface area contributed by atoms with E-state index in [0.717, 1.165) is 41.1 Å². The molecule has 2 heterocycles. The standard InChI is InChI=1S/C22H31N5OS/c1-5-23-21(28)19-9-7-18(8-10-19)15-29-22-24-17(4)16(3)20(25-22)27-13-11-26(6-2)12-14-27/h7-10H,5-6,11-15H2,1-4H3,(H,23,28)/p+1. The van der Waals surface area contributed by atoms with Crippen LogP contribution in [0.2, 0.25) is 0 Å². The van der Waals surface area contributed by atoms with E-state index in [1.807, 2.05) is 31.2 Å². The smallest absolute Gasteiger partial charge is 0.251 e. The van der Waals surface area contributed by atoms with Crippen LogP contribution in [-0.4, -0.2) is 55.1 Å². The van der Waals surface area contributed by atoms with E-state index in [1.165, 1.54) is 25.2 Å². The third-order valence-electron chi connectivity index (χ3n) is 5.53. The quantitative estimate of drug-likeness (QED) is 0.535. The molecule has 0 unspecified atom stereocenters. The van der Waals surface area contributed by atoms with Crippen LogP contribution in [-0.2, 0) is 5.75 Å². The summed E-state index contributed by atoms with van der Waals surface area (Å²) in [6, 6.07) is 7.77. The average molecular weight is 415 g/mol. The van der Waals surface area contributed by atoms with Crippen LogP contribution < -0.4 is 15.1 Å². The molecule has 29 heavy (non-hydrogen) atoms. The largest absolute Gasteiger partial charge is 0.352 e. The Morgan fingerprint density at radius 3 is 2.45 bits per heavy atom. The van der Waals surface area contributed by atoms with Gasteiger partial charge in [-0.1, -0.05) is 23.9 Å². The molecule has 1 fully saturated rings. The maximum atomic E-state index is 11.9. The van der Waals surface area contributed by atoms with Crippen LogP contribution in [0.4, 0.5) is 5.82 Å². The molecule has 1 amide bonds. The van der Waals surface area contributed by atoms with Gasteiger partial charge in [-0.25, -0.2) is 9.97 Å². The Kier molecular flexibility index (Phi) is 7.50. The molecule has 1 aromatic carbocycles. The first-order valence-corrected chi connectivity index (χ1v) is 11.4. The van der Waals surface area contributed by atoms with Crippen molar-refractivity contribution in [2.75, 3.05) is 44.2 Å². The summed E-state index contributed by atoms with van der Waals surface area (Å²) < 4.78 is 0. The number of piperazine rings is 1. The minimum absolute atomic E-state index is 0.0288. The lowest BCUT2D eigenvalue weighted by Gasteiger charge is -2.33. The van der Waals surface area contributed by atoms with E-state index in [-0.39, 0.29) is 5.91 Å². The fourth-order valence-corrected chi connectivity index (χ4v) is 4.35. The number of hydrogen-bond acceptors (Lipinski definition) is 5. The second-order valence-electron chi connectivity index (χ2n) is 7.48. The van der Waals surface area contributed by atoms with Crippen molar-refractivity contribution in [3.05, 3.63) is 46.6 Å². The molecule has 7 heteroatoms. The number of nitrogens with one attached hydrogen (secondary N) is 2. The third-order valence-corrected chi connectivity index (χ3v) is 6.45. The summed E-state index contributed by atoms with van der Waals surface area (Å²) in [6.45, 7) is 14.6. The van der Waals surface area contributed by atoms with E-state index in [2.05, 4.69) is 31.0 Å². The van der Waals surface area contributed by atoms with Crippen molar-refractivity contribution in [2.24, 2.45) is 0 Å². The highest BCUT2D eigenvalue weighted by atomic mass is 32.2. The first kappa shape index (κ1) is 21.6. The molecule has 0 atom stereocenters. The molecule has 0 saturated carbocycles. The van der Waals surface area contributed by atoms with Crippen LogP contribution in [0.15, 0.2) is 29.4 Å². The van der Waals surface area contributed by atoms with Gasteiger partial charge >= 0.3 is 0 Å². The fourth-order valence-electron chi connectivity index (χ4n) is 3.51. The van der Waals surface area contributed by atoms with Crippen LogP contribution in [0, 0.1) is 13.8 Å². The minimum atomic E-state index is -0.0288. The number of carbonyl (C=O) groups excluding carboxylic acids is 1. The lowest BCUT2D eigenvalue weighted by Crippen LogP contribution is -3.14. The average Bonchev–Trinajstić information content (AvgIpc) is 2.75. The van der Waals surface area contributed by atoms with Gasteiger partial charge in [0.2, 0.25) is 0 Å². The normalized spacial score (nSPS) is 14.8. The number of rotatable bonds is 7. The molecule has 156 valence electrons. The first-order chi connectivity index (χ1) is 14.0. The van der Waals surface area contributed by atoms with Crippen molar-refractivity contribution in [3.63, 3.8) is 0 Å². The van der Waals surface area contributed by atoms with Gasteiger partial charge < -0.3 is 15.1 Å². The van der Waals surface area contributed by atoms with Gasteiger partial charge in [0.15, 0.2) is 5.16 Å². The highest BCUT2D eigenvalue weighted by Crippen LogP contribution is 2.26. The molecule has 1 saturated heterocycles. The number of quaternary nitrogens is 1. The summed E-state index contributed by atoms with van der Waals surface area (Å²) >= 11 is 1.65. The van der Waals surface area contributed by atoms with Gasteiger partial charge in [-0.15, -0.1) is 0 Å². The van der Waals surface area contributed by atoms with E-state index in [1.54, 1.807) is 16.7 Å². The minimum Gasteiger partial charge on any atom is -0.352 e. The summed E-state index contributed by atoms with van der Waals surface area (Å²) in [5, 5.41) is 3.64. The van der Waals surface area contributed by atoms with Crippen molar-refractivity contribution < 1.29 is 9.69 Å². The Morgan fingerprint density at radius 2 is 1.83 bits per heavy atom. The molecule has 0 spiro atoms. The highest BCUT2D eigenvalue weighted by Gasteiger charge is 2.22. The Bertz CT molecular complexity index is 832. The van der Waals surface area contributed by atoms with Gasteiger partial charge in [0.05, 0.1) is 32.7 Å². The van der Waals surface area contributed by atoms with Crippen molar-refractivity contribution in [3.8, 4) is 0 Å². The molecular weight excluding hydrogens is 382 g/mol. The second kappa shape index (κ2) is 10.1. The Morgan fingerprint density at radius 1 is 1.14 bits per heavy atom. The Balaban J connectivity index is 1.67. The predicted octanol–water partition coefficient (Wildman–Crippen LogP) is 1.86. The fraction of sp³-hybridized carbons (Fsp3) is 0.500. The molecule has 1 aliphatic rings. The summed E-state index contributed by atoms with van der Waals surface area (Å²) in [4.78, 5) is 25.6. The maximum absolute atomic E-state index is 11.9. The summed E-state index contributed by atoms with van der Waals surface area (Å²) in [6.07, 6.45) is 0. The predicted molar refractivity (Wildman–Crippen MR) is 119 cm³/mol. The van der Waals surface area contributed by atoms with Crippen LogP contribution >= 0.6 is 11.8 Å². The number of anilines is 1. The molecule has 0 bridgehead atoms. The molecule has 0 aliphatic carbocycles. The van der Waals surface area contributed by atoms with Gasteiger partial charge in [-0.3, -0.25) is 4.79 Å². The van der Waals surface area contributed by atoms with Crippen molar-refractivity contribution in [1.82, 2.24) is 15.3 Å². The zero-order valence-electron chi connectivity index (χ0n) is 17.9. The van der Waals surface area contributed by atoms with Gasteiger partial charge in [0, 0.05) is 29.1 Å². The van der Waals surface area contributed by atoms with E-state index in [4.69, 9.17) is 9.97 Å². The topological polar surface area (TPSA) is 62.6 Å². The molecule has 1 aromatic heterocycles. The van der Waals surface area contributed by atoms with Crippen LogP contribution in [0.3, 0.4) is 0 Å². The number of nitrogens with zero attached hydrogens (tertiary/aromatic N) is 3. The Labute approximate surface area is 178 Å². The van der Waals surface area contributed by atoms with Gasteiger partial charge in [-0.05, 0) is 45.4 Å². The van der Waals surface area contributed by atoms with Crippen molar-refractivity contribution >= 4 is 23.5 Å². The molecule has 6 nitrogen and oxygen atoms in total. The number of likely N-dealkylation sites (N-methyl/N-ethyl adjacent to an activating group) is 1. The number of aromatic nitrogens is 2. The third kappa shape index (κ3) is 5.48. The van der Waals surface area contributed by atoms with E-state index in [0.29, 0.717) is 12.1 Å². The van der Waals surface area contributed by atoms with E-state index in [9.17, 15) is 4.79 Å². The zero-order chi connectivity index (χ0) is 20.8. The number of hydrogen-bond donors (Lipinski definition) is 2. The van der Waals surface area contributed by atoms with E-state index >= 15 is 0 Å². The molecule has 3 rings (SSSR count). The van der Waals surface area contributed by atoms with Crippen LogP contribution in [0.1, 0.15) is 41.0 Å². The number of amides is 1. The SMILES string of the molecule is CCNC(=O)c1ccc(CSc2nc(C)c(C)c(N3CC[NH+](CC)CC3)n2)cc1. The lowest BCUT2D eigenvalue weighted by molar-refractivity contribution is -0.898. The number of thioether (sulfide) groups is 1. The number of carbonyl (C=O) groups is 1. The Hall–Kier alpha value is -2.12. The van der Waals surface area contributed by atoms with E-state index < -0.39 is 0 Å². The van der Waals surface area contributed by atoms with Crippen molar-refractivity contribution in [2.45, 2.75) is 38.6 Å².